The summed E-state index contributed by atoms with van der Waals surface area (Å²) >= 11 is 3.15. The molecule has 29 heavy (non-hydrogen) atoms. The average molecular weight is 422 g/mol. The number of benzene rings is 2. The van der Waals surface area contributed by atoms with Crippen LogP contribution in [0.1, 0.15) is 9.88 Å². The summed E-state index contributed by atoms with van der Waals surface area (Å²) in [5.41, 5.74) is 2.42. The van der Waals surface area contributed by atoms with Gasteiger partial charge >= 0.3 is 0 Å². The number of thiophene rings is 1. The highest BCUT2D eigenvalue weighted by atomic mass is 32.1. The molecule has 0 spiro atoms. The summed E-state index contributed by atoms with van der Waals surface area (Å²) < 4.78 is 2.18. The van der Waals surface area contributed by atoms with Gasteiger partial charge in [0.1, 0.15) is 5.01 Å². The Kier molecular flexibility index (Phi) is 5.88. The highest BCUT2D eigenvalue weighted by Gasteiger charge is 2.11. The molecule has 4 rings (SSSR count). The van der Waals surface area contributed by atoms with Crippen molar-refractivity contribution in [3.63, 3.8) is 0 Å². The second-order valence-corrected chi connectivity index (χ2v) is 8.58. The molecule has 0 fully saturated rings. The number of fused-ring (bicyclic) bond motifs is 2. The van der Waals surface area contributed by atoms with Crippen molar-refractivity contribution in [3.8, 4) is 0 Å². The number of anilines is 1. The van der Waals surface area contributed by atoms with E-state index in [1.165, 1.54) is 11.3 Å². The van der Waals surface area contributed by atoms with E-state index in [0.29, 0.717) is 18.8 Å². The van der Waals surface area contributed by atoms with Crippen molar-refractivity contribution in [2.24, 2.45) is 0 Å². The fraction of sp³-hybridized carbons (Fsp3) is 0.182. The average Bonchev–Trinajstić information content (AvgIpc) is 3.34. The normalized spacial score (nSPS) is 11.8. The quantitative estimate of drug-likeness (QED) is 0.424. The molecular weight excluding hydrogens is 402 g/mol. The molecule has 0 aliphatic heterocycles. The van der Waals surface area contributed by atoms with Gasteiger partial charge in [-0.2, -0.15) is 0 Å². The second kappa shape index (κ2) is 8.72. The van der Waals surface area contributed by atoms with Crippen LogP contribution in [0.25, 0.3) is 36.9 Å². The third-order valence-corrected chi connectivity index (χ3v) is 6.64. The maximum atomic E-state index is 9.27. The summed E-state index contributed by atoms with van der Waals surface area (Å²) in [6, 6.07) is 16.1. The van der Waals surface area contributed by atoms with Gasteiger partial charge in [0.25, 0.3) is 0 Å². The molecule has 4 aromatic rings. The lowest BCUT2D eigenvalue weighted by Gasteiger charge is -2.22. The molecule has 0 amide bonds. The molecule has 0 atom stereocenters. The molecule has 0 radical (unpaired) electrons. The molecule has 0 unspecified atom stereocenters. The van der Waals surface area contributed by atoms with Gasteiger partial charge < -0.3 is 15.1 Å². The number of para-hydroxylation sites is 1. The first-order valence-electron chi connectivity index (χ1n) is 9.17. The number of rotatable bonds is 7. The number of thiazole rings is 1. The Morgan fingerprint density at radius 2 is 1.83 bits per heavy atom. The lowest BCUT2D eigenvalue weighted by atomic mass is 10.2. The van der Waals surface area contributed by atoms with Crippen LogP contribution in [-0.2, 0) is 0 Å². The van der Waals surface area contributed by atoms with Crippen molar-refractivity contribution in [3.05, 3.63) is 69.8 Å². The molecule has 7 heteroatoms. The van der Waals surface area contributed by atoms with E-state index < -0.39 is 0 Å². The van der Waals surface area contributed by atoms with Gasteiger partial charge in [0.05, 0.1) is 30.0 Å². The number of hydrogen-bond acceptors (Lipinski definition) is 6. The van der Waals surface area contributed by atoms with E-state index in [4.69, 9.17) is 6.57 Å². The zero-order chi connectivity index (χ0) is 20.2. The predicted molar refractivity (Wildman–Crippen MR) is 122 cm³/mol. The fourth-order valence-electron chi connectivity index (χ4n) is 3.18. The minimum Gasteiger partial charge on any atom is -0.395 e. The second-order valence-electron chi connectivity index (χ2n) is 6.43. The summed E-state index contributed by atoms with van der Waals surface area (Å²) in [6.07, 6.45) is 1.90. The molecule has 2 heterocycles. The topological polar surface area (TPSA) is 61.0 Å². The molecule has 0 saturated heterocycles. The van der Waals surface area contributed by atoms with E-state index in [1.807, 2.05) is 47.4 Å². The van der Waals surface area contributed by atoms with Gasteiger partial charge in [-0.25, -0.2) is 9.83 Å². The third-order valence-electron chi connectivity index (χ3n) is 4.54. The number of aliphatic hydroxyl groups excluding tert-OH is 2. The lowest BCUT2D eigenvalue weighted by Crippen LogP contribution is -2.29. The van der Waals surface area contributed by atoms with Crippen LogP contribution in [0.5, 0.6) is 0 Å². The van der Waals surface area contributed by atoms with Crippen molar-refractivity contribution in [2.75, 3.05) is 31.2 Å². The summed E-state index contributed by atoms with van der Waals surface area (Å²) in [7, 11) is 0. The number of aliphatic hydroxyl groups is 2. The van der Waals surface area contributed by atoms with Crippen LogP contribution < -0.4 is 4.90 Å². The van der Waals surface area contributed by atoms with Crippen molar-refractivity contribution in [1.82, 2.24) is 4.98 Å². The summed E-state index contributed by atoms with van der Waals surface area (Å²) in [5.74, 6) is 0. The summed E-state index contributed by atoms with van der Waals surface area (Å²) in [5, 5.41) is 20.4. The van der Waals surface area contributed by atoms with Gasteiger partial charge in [0.2, 0.25) is 5.70 Å². The SMILES string of the molecule is [C-]#[N+]/C(=C\c1cc2ccc(N(CCO)CCO)cc2s1)c1nc2ccccc2s1. The van der Waals surface area contributed by atoms with Gasteiger partial charge in [-0.3, -0.25) is 0 Å². The van der Waals surface area contributed by atoms with E-state index >= 15 is 0 Å². The monoisotopic (exact) mass is 421 g/mol. The maximum Gasteiger partial charge on any atom is 0.223 e. The molecule has 2 N–H and O–H groups in total. The predicted octanol–water partition coefficient (Wildman–Crippen LogP) is 4.72. The summed E-state index contributed by atoms with van der Waals surface area (Å²) in [4.78, 5) is 11.3. The first-order valence-corrected chi connectivity index (χ1v) is 10.8. The molecule has 2 aromatic carbocycles. The van der Waals surface area contributed by atoms with Crippen LogP contribution in [0.2, 0.25) is 0 Å². The van der Waals surface area contributed by atoms with Crippen molar-refractivity contribution < 1.29 is 10.2 Å². The van der Waals surface area contributed by atoms with Crippen LogP contribution in [-0.4, -0.2) is 41.5 Å². The Morgan fingerprint density at radius 3 is 2.55 bits per heavy atom. The lowest BCUT2D eigenvalue weighted by molar-refractivity contribution is 0.281. The zero-order valence-electron chi connectivity index (χ0n) is 15.6. The van der Waals surface area contributed by atoms with Gasteiger partial charge in [-0.05, 0) is 41.8 Å². The Hall–Kier alpha value is -2.76. The van der Waals surface area contributed by atoms with E-state index in [9.17, 15) is 10.2 Å². The van der Waals surface area contributed by atoms with Gasteiger partial charge in [-0.15, -0.1) is 22.7 Å². The van der Waals surface area contributed by atoms with Crippen LogP contribution in [0, 0.1) is 6.57 Å². The molecule has 2 aromatic heterocycles. The Morgan fingerprint density at radius 1 is 1.03 bits per heavy atom. The minimum atomic E-state index is 0.0347. The Bertz CT molecular complexity index is 1180. The fourth-order valence-corrected chi connectivity index (χ4v) is 5.14. The first kappa shape index (κ1) is 19.6. The molecule has 0 aliphatic carbocycles. The van der Waals surface area contributed by atoms with Crippen LogP contribution in [0.3, 0.4) is 0 Å². The molecular formula is C22H19N3O2S2. The smallest absolute Gasteiger partial charge is 0.223 e. The molecule has 0 bridgehead atoms. The van der Waals surface area contributed by atoms with Gasteiger partial charge in [-0.1, -0.05) is 18.2 Å². The first-order chi connectivity index (χ1) is 14.2. The van der Waals surface area contributed by atoms with E-state index in [-0.39, 0.29) is 13.2 Å². The standard InChI is InChI=1S/C22H19N3O2S2/c1-23-19(22-24-18-4-2-3-5-20(18)29-22)14-17-12-15-6-7-16(13-21(15)28-17)25(8-10-26)9-11-27/h2-7,12-14,26-27H,8-11H2/b19-14-. The summed E-state index contributed by atoms with van der Waals surface area (Å²) in [6.45, 7) is 8.63. The molecule has 0 aliphatic rings. The zero-order valence-corrected chi connectivity index (χ0v) is 17.2. The largest absolute Gasteiger partial charge is 0.395 e. The van der Waals surface area contributed by atoms with Crippen molar-refractivity contribution in [2.45, 2.75) is 0 Å². The number of hydrogen-bond donors (Lipinski definition) is 2. The van der Waals surface area contributed by atoms with E-state index in [2.05, 4.69) is 22.0 Å². The molecule has 5 nitrogen and oxygen atoms in total. The Balaban J connectivity index is 1.68. The van der Waals surface area contributed by atoms with E-state index in [0.717, 1.165) is 35.9 Å². The third kappa shape index (κ3) is 4.16. The molecule has 146 valence electrons. The highest BCUT2D eigenvalue weighted by molar-refractivity contribution is 7.20. The van der Waals surface area contributed by atoms with Crippen molar-refractivity contribution in [1.29, 1.82) is 0 Å². The van der Waals surface area contributed by atoms with Crippen molar-refractivity contribution >= 4 is 60.4 Å². The number of nitrogens with zero attached hydrogens (tertiary/aromatic N) is 3. The Labute approximate surface area is 176 Å². The molecule has 0 saturated carbocycles. The van der Waals surface area contributed by atoms with Crippen LogP contribution in [0.15, 0.2) is 48.5 Å². The van der Waals surface area contributed by atoms with E-state index in [1.54, 1.807) is 11.3 Å². The maximum absolute atomic E-state index is 9.27. The van der Waals surface area contributed by atoms with Crippen LogP contribution in [0.4, 0.5) is 5.69 Å². The number of aromatic nitrogens is 1. The minimum absolute atomic E-state index is 0.0347. The van der Waals surface area contributed by atoms with Gasteiger partial charge in [0.15, 0.2) is 0 Å². The highest BCUT2D eigenvalue weighted by Crippen LogP contribution is 2.34. The van der Waals surface area contributed by atoms with Crippen LogP contribution >= 0.6 is 22.7 Å². The van der Waals surface area contributed by atoms with Gasteiger partial charge in [0, 0.05) is 28.4 Å².